The second kappa shape index (κ2) is 31.8. The third-order valence-electron chi connectivity index (χ3n) is 19.4. The number of amides is 5. The third-order valence-corrected chi connectivity index (χ3v) is 19.4. The molecule has 4 fully saturated rings. The van der Waals surface area contributed by atoms with E-state index in [1.807, 2.05) is 11.8 Å². The monoisotopic (exact) mass is 1350 g/mol. The fourth-order valence-electron chi connectivity index (χ4n) is 14.4. The highest BCUT2D eigenvalue weighted by molar-refractivity contribution is 6.03. The van der Waals surface area contributed by atoms with E-state index >= 15 is 9.59 Å². The number of rotatable bonds is 27. The van der Waals surface area contributed by atoms with E-state index in [0.717, 1.165) is 11.8 Å². The van der Waals surface area contributed by atoms with E-state index < -0.39 is 113 Å². The molecule has 24 heteroatoms. The van der Waals surface area contributed by atoms with Crippen LogP contribution in [0.5, 0.6) is 5.75 Å². The molecule has 2 aliphatic heterocycles. The maximum absolute atomic E-state index is 15.7. The number of ether oxygens (including phenoxy) is 6. The molecule has 4 aromatic carbocycles. The first kappa shape index (κ1) is 72.7. The Balaban J connectivity index is 0.955. The van der Waals surface area contributed by atoms with E-state index in [4.69, 9.17) is 28.4 Å². The SMILES string of the molecule is CCN(CCNC(=O)CCCCCNC(=O)CCN1C(=O)CC(C)C1=O)c1ccc(/C=C(\C)C(=O)OC(C(=O)OC2CC3C(OC(=O)c4ccccc4)C4C(C(=O)[C@H](OC(C)=O)C(=C2C)C3(C)C)C(O)C[C@H]2OC[C@@]42OC(C)=O)[C@@H](NC(=O)c2ccccc2)c2ccccc2)c(O)c1. The van der Waals surface area contributed by atoms with E-state index in [1.165, 1.54) is 38.1 Å². The van der Waals surface area contributed by atoms with Crippen LogP contribution < -0.4 is 20.9 Å². The van der Waals surface area contributed by atoms with Crippen LogP contribution in [-0.2, 0) is 71.6 Å². The van der Waals surface area contributed by atoms with Crippen LogP contribution in [0.15, 0.2) is 126 Å². The number of aromatic hydroxyl groups is 1. The first-order valence-electron chi connectivity index (χ1n) is 33.4. The molecule has 0 aromatic heterocycles. The van der Waals surface area contributed by atoms with Gasteiger partial charge in [-0.05, 0) is 105 Å². The average Bonchev–Trinajstić information content (AvgIpc) is 0.762. The zero-order valence-corrected chi connectivity index (χ0v) is 56.4. The summed E-state index contributed by atoms with van der Waals surface area (Å²) in [6.07, 6.45) is -5.60. The minimum atomic E-state index is -1.99. The van der Waals surface area contributed by atoms with E-state index in [2.05, 4.69) is 16.0 Å². The molecule has 522 valence electrons. The number of phenolic OH excluding ortho intramolecular Hbond substituents is 1. The van der Waals surface area contributed by atoms with E-state index in [9.17, 15) is 53.4 Å². The molecule has 98 heavy (non-hydrogen) atoms. The van der Waals surface area contributed by atoms with Crippen molar-refractivity contribution in [3.63, 3.8) is 0 Å². The van der Waals surface area contributed by atoms with Gasteiger partial charge in [0.1, 0.15) is 30.1 Å². The van der Waals surface area contributed by atoms with Crippen molar-refractivity contribution in [3.05, 3.63) is 148 Å². The number of phenols is 1. The number of aliphatic hydroxyl groups excluding tert-OH is 1. The number of anilines is 1. The highest BCUT2D eigenvalue weighted by Crippen LogP contribution is 2.60. The van der Waals surface area contributed by atoms with Crippen LogP contribution in [0.4, 0.5) is 5.69 Å². The smallest absolute Gasteiger partial charge is 0.350 e. The van der Waals surface area contributed by atoms with Crippen LogP contribution in [0.3, 0.4) is 0 Å². The molecule has 5 amide bonds. The lowest BCUT2D eigenvalue weighted by Gasteiger charge is -2.62. The van der Waals surface area contributed by atoms with Gasteiger partial charge in [-0.3, -0.25) is 43.3 Å². The molecule has 8 unspecified atom stereocenters. The van der Waals surface area contributed by atoms with Gasteiger partial charge in [0.05, 0.1) is 30.1 Å². The molecule has 0 radical (unpaired) electrons. The van der Waals surface area contributed by atoms with Crippen LogP contribution >= 0.6 is 0 Å². The third kappa shape index (κ3) is 16.4. The number of aliphatic hydroxyl groups is 1. The number of hydrogen-bond donors (Lipinski definition) is 5. The zero-order valence-electron chi connectivity index (χ0n) is 56.4. The standard InChI is InChI=1S/C74H87N5O19/c1-9-78(35-33-76-57(84)28-20-13-21-32-75-58(85)31-34-79-59(86)37-42(2)69(79)89)51-30-29-50(53(82)38-51)36-43(3)70(90)97-67(63(47-22-14-10-15-23-47)77-68(88)48-24-16-11-17-25-48)72(92)95-55-39-52-65(96-71(91)49-26-18-12-19-27-49)62-60(54(83)40-56-74(62,41-93-56)98-46(6)81)64(87)66(94-45(5)80)61(44(55)4)73(52,7)8/h10-12,14-19,22-27,29-30,36,38,42,52,54-56,60,62-63,65-67,82-83H,9,13,20-21,28,31-35,37,39-41H2,1-8H3,(H,75,85)(H,76,84)(H,77,88)/b43-36+/t42?,52?,54?,55?,56-,60?,62?,63+,65?,66-,67?,74+/m1/s1. The van der Waals surface area contributed by atoms with Gasteiger partial charge in [-0.2, -0.15) is 0 Å². The van der Waals surface area contributed by atoms with E-state index in [-0.39, 0.29) is 121 Å². The molecule has 2 bridgehead atoms. The van der Waals surface area contributed by atoms with Crippen LogP contribution in [0, 0.1) is 29.1 Å². The van der Waals surface area contributed by atoms with Gasteiger partial charge < -0.3 is 59.5 Å². The number of imide groups is 1. The van der Waals surface area contributed by atoms with Gasteiger partial charge in [0, 0.05) is 113 Å². The molecule has 5 N–H and O–H groups in total. The first-order chi connectivity index (χ1) is 46.7. The topological polar surface area (TPSA) is 326 Å². The van der Waals surface area contributed by atoms with E-state index in [1.54, 1.807) is 119 Å². The number of fused-ring (bicyclic) bond motifs is 5. The Morgan fingerprint density at radius 2 is 1.44 bits per heavy atom. The highest BCUT2D eigenvalue weighted by Gasteiger charge is 2.72. The lowest BCUT2D eigenvalue weighted by molar-refractivity contribution is -0.321. The van der Waals surface area contributed by atoms with Crippen molar-refractivity contribution in [2.75, 3.05) is 44.2 Å². The number of hydrogen-bond acceptors (Lipinski definition) is 20. The van der Waals surface area contributed by atoms with Crippen molar-refractivity contribution in [1.29, 1.82) is 0 Å². The summed E-state index contributed by atoms with van der Waals surface area (Å²) in [4.78, 5) is 154. The van der Waals surface area contributed by atoms with Crippen LogP contribution in [0.1, 0.15) is 145 Å². The summed E-state index contributed by atoms with van der Waals surface area (Å²) in [5.74, 6) is -11.5. The molecule has 2 saturated heterocycles. The summed E-state index contributed by atoms with van der Waals surface area (Å²) in [5.41, 5.74) is -1.16. The van der Waals surface area contributed by atoms with Gasteiger partial charge in [0.15, 0.2) is 17.5 Å². The number of carbonyl (C=O) groups excluding carboxylic acids is 11. The summed E-state index contributed by atoms with van der Waals surface area (Å²) in [7, 11) is 0. The van der Waals surface area contributed by atoms with Crippen LogP contribution in [0.2, 0.25) is 0 Å². The average molecular weight is 1350 g/mol. The Bertz CT molecular complexity index is 3730. The van der Waals surface area contributed by atoms with Crippen molar-refractivity contribution in [2.24, 2.45) is 29.1 Å². The molecule has 2 saturated carbocycles. The lowest BCUT2D eigenvalue weighted by Crippen LogP contribution is -2.76. The van der Waals surface area contributed by atoms with Gasteiger partial charge in [0.2, 0.25) is 29.7 Å². The van der Waals surface area contributed by atoms with Crippen molar-refractivity contribution in [1.82, 2.24) is 20.9 Å². The molecule has 9 rings (SSSR count). The van der Waals surface area contributed by atoms with Crippen LogP contribution in [0.25, 0.3) is 6.08 Å². The molecular formula is C74H87N5O19. The molecular weight excluding hydrogens is 1260 g/mol. The minimum Gasteiger partial charge on any atom is -0.507 e. The number of unbranched alkanes of at least 4 members (excludes halogenated alkanes) is 2. The van der Waals surface area contributed by atoms with Gasteiger partial charge in [-0.1, -0.05) is 93.9 Å². The van der Waals surface area contributed by atoms with Crippen molar-refractivity contribution in [3.8, 4) is 5.75 Å². The number of Topliss-reactive ketones (excluding diaryl/α,β-unsaturated/α-hetero) is 1. The molecule has 2 heterocycles. The zero-order chi connectivity index (χ0) is 70.8. The molecule has 4 aromatic rings. The Morgan fingerprint density at radius 3 is 2.05 bits per heavy atom. The van der Waals surface area contributed by atoms with E-state index in [0.29, 0.717) is 50.1 Å². The summed E-state index contributed by atoms with van der Waals surface area (Å²) >= 11 is 0. The molecule has 5 aliphatic rings. The molecule has 0 spiro atoms. The Kier molecular flexibility index (Phi) is 23.6. The predicted octanol–water partition coefficient (Wildman–Crippen LogP) is 6.99. The number of nitrogens with zero attached hydrogens (tertiary/aromatic N) is 2. The molecule has 12 atom stereocenters. The Hall–Kier alpha value is -9.55. The number of esters is 5. The fraction of sp³-hybridized carbons (Fsp3) is 0.473. The lowest BCUT2D eigenvalue weighted by atomic mass is 9.50. The predicted molar refractivity (Wildman–Crippen MR) is 355 cm³/mol. The Labute approximate surface area is 569 Å². The largest absolute Gasteiger partial charge is 0.507 e. The number of nitrogens with one attached hydrogen (secondary N) is 3. The van der Waals surface area contributed by atoms with Crippen molar-refractivity contribution >= 4 is 76.9 Å². The number of carbonyl (C=O) groups is 11. The number of likely N-dealkylation sites (tertiary alicyclic amines) is 1. The molecule has 24 nitrogen and oxygen atoms in total. The van der Waals surface area contributed by atoms with Crippen LogP contribution in [-0.4, -0.2) is 162 Å². The highest BCUT2D eigenvalue weighted by atomic mass is 16.6. The summed E-state index contributed by atoms with van der Waals surface area (Å²) in [6, 6.07) is 27.8. The van der Waals surface area contributed by atoms with Gasteiger partial charge in [-0.15, -0.1) is 0 Å². The van der Waals surface area contributed by atoms with Crippen molar-refractivity contribution < 1.29 is 91.4 Å². The second-order valence-corrected chi connectivity index (χ2v) is 26.4. The van der Waals surface area contributed by atoms with Gasteiger partial charge >= 0.3 is 29.8 Å². The second-order valence-electron chi connectivity index (χ2n) is 26.4. The van der Waals surface area contributed by atoms with Gasteiger partial charge in [0.25, 0.3) is 5.91 Å². The number of likely N-dealkylation sites (N-methyl/N-ethyl adjacent to an activating group) is 1. The summed E-state index contributed by atoms with van der Waals surface area (Å²) in [5, 5.41) is 32.2. The first-order valence-corrected chi connectivity index (χ1v) is 33.4. The quantitative estimate of drug-likeness (QED) is 0.0100. The maximum Gasteiger partial charge on any atom is 0.350 e. The maximum atomic E-state index is 15.7. The van der Waals surface area contributed by atoms with Gasteiger partial charge in [-0.25, -0.2) is 14.4 Å². The molecule has 3 aliphatic carbocycles. The normalized spacial score (nSPS) is 24.5. The fourth-order valence-corrected chi connectivity index (χ4v) is 14.4. The number of ketones is 1. The summed E-state index contributed by atoms with van der Waals surface area (Å²) < 4.78 is 37.6. The summed E-state index contributed by atoms with van der Waals surface area (Å²) in [6.45, 7) is 13.8. The number of benzene rings is 4. The minimum absolute atomic E-state index is 0.0251. The van der Waals surface area contributed by atoms with Crippen molar-refractivity contribution in [2.45, 2.75) is 155 Å². The Morgan fingerprint density at radius 1 is 0.786 bits per heavy atom.